The number of hydrogen-bond donors (Lipinski definition) is 1. The van der Waals surface area contributed by atoms with E-state index in [1.807, 2.05) is 54.6 Å². The molecule has 5 heteroatoms. The minimum Gasteiger partial charge on any atom is -0.493 e. The second kappa shape index (κ2) is 8.91. The van der Waals surface area contributed by atoms with Crippen molar-refractivity contribution in [1.29, 1.82) is 5.26 Å². The highest BCUT2D eigenvalue weighted by Crippen LogP contribution is 2.26. The molecule has 2 aromatic rings. The van der Waals surface area contributed by atoms with Crippen molar-refractivity contribution < 1.29 is 9.53 Å². The standard InChI is InChI=1S/C21H23N3O2/c22-13-4-5-15-26-19-11-6-8-17(16-19)23-21(25)20-12-7-14-24(20)18-9-2-1-3-10-18/h1-3,6,8-11,16,20H,4-5,7,12,14-15H2,(H,23,25)/t20-/m1/s1. The van der Waals surface area contributed by atoms with Gasteiger partial charge >= 0.3 is 0 Å². The second-order valence-corrected chi connectivity index (χ2v) is 6.31. The average Bonchev–Trinajstić information content (AvgIpc) is 3.16. The van der Waals surface area contributed by atoms with Gasteiger partial charge in [-0.3, -0.25) is 4.79 Å². The molecule has 0 radical (unpaired) electrons. The number of hydrogen-bond acceptors (Lipinski definition) is 4. The summed E-state index contributed by atoms with van der Waals surface area (Å²) in [4.78, 5) is 14.9. The largest absolute Gasteiger partial charge is 0.493 e. The number of carbonyl (C=O) groups is 1. The molecule has 1 amide bonds. The molecule has 5 nitrogen and oxygen atoms in total. The summed E-state index contributed by atoms with van der Waals surface area (Å²) >= 11 is 0. The monoisotopic (exact) mass is 349 g/mol. The van der Waals surface area contributed by atoms with Crippen LogP contribution >= 0.6 is 0 Å². The smallest absolute Gasteiger partial charge is 0.247 e. The number of para-hydroxylation sites is 1. The van der Waals surface area contributed by atoms with Crippen molar-refractivity contribution in [3.05, 3.63) is 54.6 Å². The Kier molecular flexibility index (Phi) is 6.10. The van der Waals surface area contributed by atoms with Gasteiger partial charge < -0.3 is 15.0 Å². The summed E-state index contributed by atoms with van der Waals surface area (Å²) in [7, 11) is 0. The van der Waals surface area contributed by atoms with Gasteiger partial charge in [-0.2, -0.15) is 5.26 Å². The fraction of sp³-hybridized carbons (Fsp3) is 0.333. The van der Waals surface area contributed by atoms with Crippen LogP contribution in [0.3, 0.4) is 0 Å². The van der Waals surface area contributed by atoms with Crippen LogP contribution in [0.25, 0.3) is 0 Å². The SMILES string of the molecule is N#CCCCOc1cccc(NC(=O)[C@H]2CCCN2c2ccccc2)c1. The van der Waals surface area contributed by atoms with Gasteiger partial charge in [0, 0.05) is 30.4 Å². The number of nitrogens with zero attached hydrogens (tertiary/aromatic N) is 2. The molecule has 0 spiro atoms. The van der Waals surface area contributed by atoms with Crippen molar-refractivity contribution in [3.8, 4) is 11.8 Å². The van der Waals surface area contributed by atoms with E-state index in [1.165, 1.54) is 0 Å². The number of nitrogens with one attached hydrogen (secondary N) is 1. The number of amides is 1. The molecule has 0 aliphatic carbocycles. The van der Waals surface area contributed by atoms with Crippen molar-refractivity contribution >= 4 is 17.3 Å². The lowest BCUT2D eigenvalue weighted by Gasteiger charge is -2.26. The van der Waals surface area contributed by atoms with E-state index in [1.54, 1.807) is 0 Å². The third kappa shape index (κ3) is 4.54. The van der Waals surface area contributed by atoms with Crippen molar-refractivity contribution in [1.82, 2.24) is 0 Å². The van der Waals surface area contributed by atoms with E-state index < -0.39 is 0 Å². The number of anilines is 2. The van der Waals surface area contributed by atoms with E-state index in [-0.39, 0.29) is 11.9 Å². The number of ether oxygens (including phenoxy) is 1. The Labute approximate surface area is 154 Å². The van der Waals surface area contributed by atoms with Crippen LogP contribution in [-0.2, 0) is 4.79 Å². The van der Waals surface area contributed by atoms with Crippen molar-refractivity contribution in [3.63, 3.8) is 0 Å². The minimum absolute atomic E-state index is 0.00739. The third-order valence-electron chi connectivity index (χ3n) is 4.45. The zero-order valence-corrected chi connectivity index (χ0v) is 14.7. The molecule has 1 aliphatic heterocycles. The third-order valence-corrected chi connectivity index (χ3v) is 4.45. The van der Waals surface area contributed by atoms with Crippen LogP contribution in [0.2, 0.25) is 0 Å². The Bertz CT molecular complexity index is 770. The quantitative estimate of drug-likeness (QED) is 0.768. The van der Waals surface area contributed by atoms with Gasteiger partial charge in [0.2, 0.25) is 5.91 Å². The van der Waals surface area contributed by atoms with E-state index in [0.29, 0.717) is 25.2 Å². The summed E-state index contributed by atoms with van der Waals surface area (Å²) < 4.78 is 5.63. The van der Waals surface area contributed by atoms with Crippen molar-refractivity contribution in [2.75, 3.05) is 23.4 Å². The topological polar surface area (TPSA) is 65.4 Å². The van der Waals surface area contributed by atoms with Gasteiger partial charge in [-0.1, -0.05) is 24.3 Å². The molecule has 0 unspecified atom stereocenters. The van der Waals surface area contributed by atoms with E-state index in [2.05, 4.69) is 16.3 Å². The molecular weight excluding hydrogens is 326 g/mol. The number of rotatable bonds is 7. The Morgan fingerprint density at radius 1 is 1.23 bits per heavy atom. The lowest BCUT2D eigenvalue weighted by molar-refractivity contribution is -0.117. The molecule has 0 bridgehead atoms. The van der Waals surface area contributed by atoms with Gasteiger partial charge in [-0.25, -0.2) is 0 Å². The molecule has 1 heterocycles. The number of nitriles is 1. The Hall–Kier alpha value is -3.00. The molecule has 1 atom stereocenters. The molecule has 0 aromatic heterocycles. The van der Waals surface area contributed by atoms with Gasteiger partial charge in [0.05, 0.1) is 12.7 Å². The molecule has 1 aliphatic rings. The highest BCUT2D eigenvalue weighted by molar-refractivity contribution is 5.97. The van der Waals surface area contributed by atoms with E-state index in [4.69, 9.17) is 10.00 Å². The second-order valence-electron chi connectivity index (χ2n) is 6.31. The molecule has 3 rings (SSSR count). The van der Waals surface area contributed by atoms with Crippen molar-refractivity contribution in [2.45, 2.75) is 31.7 Å². The number of unbranched alkanes of at least 4 members (excludes halogenated alkanes) is 1. The summed E-state index contributed by atoms with van der Waals surface area (Å²) in [5, 5.41) is 11.6. The summed E-state index contributed by atoms with van der Waals surface area (Å²) in [6.07, 6.45) is 3.04. The Balaban J connectivity index is 1.61. The molecular formula is C21H23N3O2. The summed E-state index contributed by atoms with van der Waals surface area (Å²) in [5.41, 5.74) is 1.81. The predicted octanol–water partition coefficient (Wildman–Crippen LogP) is 3.98. The van der Waals surface area contributed by atoms with E-state index in [9.17, 15) is 4.79 Å². The first-order valence-corrected chi connectivity index (χ1v) is 9.00. The van der Waals surface area contributed by atoms with Crippen LogP contribution < -0.4 is 15.0 Å². The Morgan fingerprint density at radius 2 is 2.08 bits per heavy atom. The van der Waals surface area contributed by atoms with Crippen LogP contribution in [-0.4, -0.2) is 25.1 Å². The lowest BCUT2D eigenvalue weighted by atomic mass is 10.2. The number of benzene rings is 2. The predicted molar refractivity (Wildman–Crippen MR) is 102 cm³/mol. The molecule has 1 saturated heterocycles. The fourth-order valence-corrected chi connectivity index (χ4v) is 3.20. The minimum atomic E-state index is -0.155. The fourth-order valence-electron chi connectivity index (χ4n) is 3.20. The first kappa shape index (κ1) is 17.8. The van der Waals surface area contributed by atoms with Gasteiger partial charge in [0.25, 0.3) is 0 Å². The summed E-state index contributed by atoms with van der Waals surface area (Å²) in [5.74, 6) is 0.708. The Morgan fingerprint density at radius 3 is 2.88 bits per heavy atom. The summed E-state index contributed by atoms with van der Waals surface area (Å²) in [6, 6.07) is 19.4. The number of carbonyl (C=O) groups excluding carboxylic acids is 1. The molecule has 2 aromatic carbocycles. The maximum absolute atomic E-state index is 12.8. The van der Waals surface area contributed by atoms with Gasteiger partial charge in [0.15, 0.2) is 0 Å². The summed E-state index contributed by atoms with van der Waals surface area (Å²) in [6.45, 7) is 1.39. The maximum atomic E-state index is 12.8. The zero-order valence-electron chi connectivity index (χ0n) is 14.7. The molecule has 26 heavy (non-hydrogen) atoms. The first-order valence-electron chi connectivity index (χ1n) is 9.00. The normalized spacial score (nSPS) is 16.1. The van der Waals surface area contributed by atoms with E-state index in [0.717, 1.165) is 30.8 Å². The first-order chi connectivity index (χ1) is 12.8. The molecule has 1 fully saturated rings. The molecule has 0 saturated carbocycles. The van der Waals surface area contributed by atoms with E-state index >= 15 is 0 Å². The van der Waals surface area contributed by atoms with Crippen LogP contribution in [0.15, 0.2) is 54.6 Å². The van der Waals surface area contributed by atoms with Crippen LogP contribution in [0.1, 0.15) is 25.7 Å². The van der Waals surface area contributed by atoms with Crippen LogP contribution in [0.5, 0.6) is 5.75 Å². The van der Waals surface area contributed by atoms with Gasteiger partial charge in [-0.05, 0) is 43.5 Å². The van der Waals surface area contributed by atoms with Crippen LogP contribution in [0.4, 0.5) is 11.4 Å². The highest BCUT2D eigenvalue weighted by atomic mass is 16.5. The van der Waals surface area contributed by atoms with Gasteiger partial charge in [0.1, 0.15) is 11.8 Å². The lowest BCUT2D eigenvalue weighted by Crippen LogP contribution is -2.39. The van der Waals surface area contributed by atoms with Crippen molar-refractivity contribution in [2.24, 2.45) is 0 Å². The maximum Gasteiger partial charge on any atom is 0.247 e. The van der Waals surface area contributed by atoms with Gasteiger partial charge in [-0.15, -0.1) is 0 Å². The molecule has 1 N–H and O–H groups in total. The van der Waals surface area contributed by atoms with Crippen LogP contribution in [0, 0.1) is 11.3 Å². The average molecular weight is 349 g/mol. The highest BCUT2D eigenvalue weighted by Gasteiger charge is 2.30. The molecule has 134 valence electrons. The zero-order chi connectivity index (χ0) is 18.2.